The van der Waals surface area contributed by atoms with E-state index < -0.39 is 6.04 Å². The van der Waals surface area contributed by atoms with Crippen molar-refractivity contribution in [2.45, 2.75) is 19.4 Å². The molecule has 21 heavy (non-hydrogen) atoms. The molecule has 1 unspecified atom stereocenters. The summed E-state index contributed by atoms with van der Waals surface area (Å²) in [6.07, 6.45) is 0.536. The zero-order chi connectivity index (χ0) is 15.2. The first-order chi connectivity index (χ1) is 10.1. The second-order valence-electron chi connectivity index (χ2n) is 4.96. The minimum Gasteiger partial charge on any atom is -0.398 e. The number of ether oxygens (including phenoxy) is 1. The molecule has 6 heteroatoms. The first-order valence-corrected chi connectivity index (χ1v) is 7.15. The fourth-order valence-electron chi connectivity index (χ4n) is 2.28. The summed E-state index contributed by atoms with van der Waals surface area (Å²) in [6, 6.07) is 6.30. The van der Waals surface area contributed by atoms with Crippen LogP contribution in [0.25, 0.3) is 0 Å². The average Bonchev–Trinajstić information content (AvgIpc) is 2.53. The lowest BCUT2D eigenvalue weighted by molar-refractivity contribution is -0.137. The zero-order valence-electron chi connectivity index (χ0n) is 12.2. The first-order valence-electron chi connectivity index (χ1n) is 7.15. The number of carbonyl (C=O) groups excluding carboxylic acids is 2. The number of hydrogen-bond acceptors (Lipinski definition) is 4. The molecule has 0 aromatic heterocycles. The summed E-state index contributed by atoms with van der Waals surface area (Å²) in [4.78, 5) is 26.4. The summed E-state index contributed by atoms with van der Waals surface area (Å²) in [7, 11) is 0. The van der Waals surface area contributed by atoms with Crippen LogP contribution in [0, 0.1) is 0 Å². The number of nitrogens with one attached hydrogen (secondary N) is 1. The topological polar surface area (TPSA) is 84.7 Å². The van der Waals surface area contributed by atoms with Crippen LogP contribution in [0.3, 0.4) is 0 Å². The minimum absolute atomic E-state index is 0.0661. The molecule has 1 heterocycles. The van der Waals surface area contributed by atoms with Gasteiger partial charge in [-0.2, -0.15) is 0 Å². The number of hydrogen-bond donors (Lipinski definition) is 2. The molecule has 114 valence electrons. The predicted octanol–water partition coefficient (Wildman–Crippen LogP) is 0.636. The molecule has 2 rings (SSSR count). The summed E-state index contributed by atoms with van der Waals surface area (Å²) in [5.74, 6) is -0.384. The molecule has 6 nitrogen and oxygen atoms in total. The molecular weight excluding hydrogens is 270 g/mol. The van der Waals surface area contributed by atoms with Crippen molar-refractivity contribution in [3.8, 4) is 0 Å². The SMILES string of the molecule is CCC(NC(=O)c1ccccc1N)C(=O)N1CCOCC1. The van der Waals surface area contributed by atoms with Crippen LogP contribution in [0.2, 0.25) is 0 Å². The fourth-order valence-corrected chi connectivity index (χ4v) is 2.28. The third-order valence-corrected chi connectivity index (χ3v) is 3.54. The molecule has 1 aliphatic rings. The Morgan fingerprint density at radius 2 is 2.00 bits per heavy atom. The lowest BCUT2D eigenvalue weighted by atomic mass is 10.1. The molecule has 0 radical (unpaired) electrons. The number of benzene rings is 1. The zero-order valence-corrected chi connectivity index (χ0v) is 12.2. The highest BCUT2D eigenvalue weighted by atomic mass is 16.5. The van der Waals surface area contributed by atoms with E-state index >= 15 is 0 Å². The Hall–Kier alpha value is -2.08. The van der Waals surface area contributed by atoms with Crippen LogP contribution in [-0.2, 0) is 9.53 Å². The van der Waals surface area contributed by atoms with Gasteiger partial charge in [-0.3, -0.25) is 9.59 Å². The second-order valence-corrected chi connectivity index (χ2v) is 4.96. The number of carbonyl (C=O) groups is 2. The van der Waals surface area contributed by atoms with Crippen LogP contribution in [-0.4, -0.2) is 49.1 Å². The lowest BCUT2D eigenvalue weighted by Crippen LogP contribution is -2.51. The van der Waals surface area contributed by atoms with Crippen molar-refractivity contribution in [2.75, 3.05) is 32.0 Å². The number of nitrogen functional groups attached to an aromatic ring is 1. The molecule has 0 bridgehead atoms. The van der Waals surface area contributed by atoms with Gasteiger partial charge in [0.25, 0.3) is 5.91 Å². The maximum atomic E-state index is 12.4. The smallest absolute Gasteiger partial charge is 0.254 e. The predicted molar refractivity (Wildman–Crippen MR) is 79.8 cm³/mol. The molecule has 1 aliphatic heterocycles. The minimum atomic E-state index is -0.532. The van der Waals surface area contributed by atoms with E-state index in [1.807, 2.05) is 6.92 Å². The largest absolute Gasteiger partial charge is 0.398 e. The molecule has 0 spiro atoms. The molecule has 1 aromatic rings. The van der Waals surface area contributed by atoms with Crippen LogP contribution in [0.15, 0.2) is 24.3 Å². The quantitative estimate of drug-likeness (QED) is 0.797. The highest BCUT2D eigenvalue weighted by Gasteiger charge is 2.26. The standard InChI is InChI=1S/C15H21N3O3/c1-2-13(15(20)18-7-9-21-10-8-18)17-14(19)11-5-3-4-6-12(11)16/h3-6,13H,2,7-10,16H2,1H3,(H,17,19). The molecule has 0 saturated carbocycles. The van der Waals surface area contributed by atoms with E-state index in [2.05, 4.69) is 5.32 Å². The van der Waals surface area contributed by atoms with Gasteiger partial charge in [0.05, 0.1) is 18.8 Å². The maximum absolute atomic E-state index is 12.4. The van der Waals surface area contributed by atoms with Gasteiger partial charge in [-0.1, -0.05) is 19.1 Å². The molecule has 2 amide bonds. The summed E-state index contributed by atoms with van der Waals surface area (Å²) >= 11 is 0. The summed E-state index contributed by atoms with van der Waals surface area (Å²) in [6.45, 7) is 4.10. The number of para-hydroxylation sites is 1. The Bertz CT molecular complexity index is 513. The van der Waals surface area contributed by atoms with Gasteiger partial charge in [-0.05, 0) is 18.6 Å². The Morgan fingerprint density at radius 1 is 1.33 bits per heavy atom. The van der Waals surface area contributed by atoms with Crippen molar-refractivity contribution in [1.29, 1.82) is 0 Å². The van der Waals surface area contributed by atoms with Gasteiger partial charge in [0.15, 0.2) is 0 Å². The third kappa shape index (κ3) is 3.72. The van der Waals surface area contributed by atoms with Crippen molar-refractivity contribution in [3.05, 3.63) is 29.8 Å². The van der Waals surface area contributed by atoms with Crippen LogP contribution in [0.1, 0.15) is 23.7 Å². The molecular formula is C15H21N3O3. The van der Waals surface area contributed by atoms with Gasteiger partial charge in [0.1, 0.15) is 6.04 Å². The summed E-state index contributed by atoms with van der Waals surface area (Å²) < 4.78 is 5.23. The first kappa shape index (κ1) is 15.3. The van der Waals surface area contributed by atoms with Crippen LogP contribution in [0.4, 0.5) is 5.69 Å². The fraction of sp³-hybridized carbons (Fsp3) is 0.467. The van der Waals surface area contributed by atoms with E-state index in [4.69, 9.17) is 10.5 Å². The third-order valence-electron chi connectivity index (χ3n) is 3.54. The Morgan fingerprint density at radius 3 is 2.62 bits per heavy atom. The van der Waals surface area contributed by atoms with Gasteiger partial charge < -0.3 is 20.7 Å². The lowest BCUT2D eigenvalue weighted by Gasteiger charge is -2.30. The Labute approximate surface area is 124 Å². The van der Waals surface area contributed by atoms with Crippen molar-refractivity contribution in [3.63, 3.8) is 0 Å². The maximum Gasteiger partial charge on any atom is 0.254 e. The highest BCUT2D eigenvalue weighted by Crippen LogP contribution is 2.11. The number of amides is 2. The van der Waals surface area contributed by atoms with Gasteiger partial charge in [0.2, 0.25) is 5.91 Å². The number of morpholine rings is 1. The number of anilines is 1. The van der Waals surface area contributed by atoms with Gasteiger partial charge in [-0.15, -0.1) is 0 Å². The monoisotopic (exact) mass is 291 g/mol. The Balaban J connectivity index is 2.03. The normalized spacial score (nSPS) is 16.3. The molecule has 3 N–H and O–H groups in total. The van der Waals surface area contributed by atoms with Crippen molar-refractivity contribution >= 4 is 17.5 Å². The van der Waals surface area contributed by atoms with Crippen molar-refractivity contribution < 1.29 is 14.3 Å². The van der Waals surface area contributed by atoms with E-state index in [1.54, 1.807) is 29.2 Å². The Kier molecular flexibility index (Phi) is 5.16. The molecule has 1 saturated heterocycles. The van der Waals surface area contributed by atoms with Crippen molar-refractivity contribution in [1.82, 2.24) is 10.2 Å². The van der Waals surface area contributed by atoms with E-state index in [1.165, 1.54) is 0 Å². The van der Waals surface area contributed by atoms with Gasteiger partial charge in [-0.25, -0.2) is 0 Å². The van der Waals surface area contributed by atoms with Crippen molar-refractivity contribution in [2.24, 2.45) is 0 Å². The molecule has 1 aromatic carbocycles. The summed E-state index contributed by atoms with van der Waals surface area (Å²) in [5.41, 5.74) is 6.59. The second kappa shape index (κ2) is 7.08. The molecule has 1 fully saturated rings. The number of nitrogens with two attached hydrogens (primary N) is 1. The molecule has 0 aliphatic carbocycles. The van der Waals surface area contributed by atoms with Gasteiger partial charge >= 0.3 is 0 Å². The van der Waals surface area contributed by atoms with E-state index in [0.717, 1.165) is 0 Å². The van der Waals surface area contributed by atoms with Crippen LogP contribution in [0.5, 0.6) is 0 Å². The number of rotatable bonds is 4. The van der Waals surface area contributed by atoms with Crippen LogP contribution < -0.4 is 11.1 Å². The molecule has 1 atom stereocenters. The number of nitrogens with zero attached hydrogens (tertiary/aromatic N) is 1. The summed E-state index contributed by atoms with van der Waals surface area (Å²) in [5, 5.41) is 2.77. The van der Waals surface area contributed by atoms with Gasteiger partial charge in [0, 0.05) is 18.8 Å². The van der Waals surface area contributed by atoms with E-state index in [0.29, 0.717) is 44.0 Å². The average molecular weight is 291 g/mol. The van der Waals surface area contributed by atoms with E-state index in [9.17, 15) is 9.59 Å². The van der Waals surface area contributed by atoms with E-state index in [-0.39, 0.29) is 11.8 Å². The highest BCUT2D eigenvalue weighted by molar-refractivity contribution is 6.01. The van der Waals surface area contributed by atoms with Crippen LogP contribution >= 0.6 is 0 Å².